The van der Waals surface area contributed by atoms with Crippen molar-refractivity contribution in [1.29, 1.82) is 0 Å². The lowest BCUT2D eigenvalue weighted by Gasteiger charge is -2.18. The van der Waals surface area contributed by atoms with Gasteiger partial charge in [-0.25, -0.2) is 4.79 Å². The zero-order valence-electron chi connectivity index (χ0n) is 15.4. The first-order valence-corrected chi connectivity index (χ1v) is 9.46. The summed E-state index contributed by atoms with van der Waals surface area (Å²) in [5.74, 6) is 0.257. The van der Waals surface area contributed by atoms with Crippen molar-refractivity contribution in [2.75, 3.05) is 6.61 Å². The Morgan fingerprint density at radius 1 is 1.07 bits per heavy atom. The predicted octanol–water partition coefficient (Wildman–Crippen LogP) is 4.33. The maximum absolute atomic E-state index is 12.4. The van der Waals surface area contributed by atoms with Crippen LogP contribution in [-0.4, -0.2) is 18.5 Å². The number of aryl methyl sites for hydroxylation is 2. The van der Waals surface area contributed by atoms with Gasteiger partial charge in [-0.15, -0.1) is 11.3 Å². The Hall–Kier alpha value is -2.86. The Kier molecular flexibility index (Phi) is 5.76. The highest BCUT2D eigenvalue weighted by Gasteiger charge is 2.22. The van der Waals surface area contributed by atoms with E-state index in [4.69, 9.17) is 9.15 Å². The van der Waals surface area contributed by atoms with Crippen LogP contribution < -0.4 is 5.32 Å². The summed E-state index contributed by atoms with van der Waals surface area (Å²) in [5, 5.41) is 4.91. The van der Waals surface area contributed by atoms with E-state index in [-0.39, 0.29) is 18.6 Å². The molecular weight excluding hydrogens is 362 g/mol. The number of hydrogen-bond donors (Lipinski definition) is 1. The quantitative estimate of drug-likeness (QED) is 0.643. The lowest BCUT2D eigenvalue weighted by Crippen LogP contribution is -2.32. The molecule has 0 radical (unpaired) electrons. The average molecular weight is 383 g/mol. The molecule has 3 aromatic rings. The molecule has 1 N–H and O–H groups in total. The van der Waals surface area contributed by atoms with E-state index in [1.807, 2.05) is 47.8 Å². The van der Waals surface area contributed by atoms with Crippen LogP contribution in [0.3, 0.4) is 0 Å². The first-order chi connectivity index (χ1) is 13.0. The van der Waals surface area contributed by atoms with Crippen LogP contribution in [0.4, 0.5) is 0 Å². The highest BCUT2D eigenvalue weighted by molar-refractivity contribution is 7.10. The van der Waals surface area contributed by atoms with Crippen LogP contribution in [0, 0.1) is 20.8 Å². The fourth-order valence-corrected chi connectivity index (χ4v) is 3.72. The van der Waals surface area contributed by atoms with E-state index in [9.17, 15) is 9.59 Å². The van der Waals surface area contributed by atoms with Crippen molar-refractivity contribution in [2.45, 2.75) is 26.8 Å². The van der Waals surface area contributed by atoms with E-state index >= 15 is 0 Å². The lowest BCUT2D eigenvalue weighted by atomic mass is 10.1. The molecule has 0 aliphatic carbocycles. The van der Waals surface area contributed by atoms with E-state index in [0.717, 1.165) is 16.0 Å². The van der Waals surface area contributed by atoms with Gasteiger partial charge in [0.15, 0.2) is 6.61 Å². The fourth-order valence-electron chi connectivity index (χ4n) is 2.92. The summed E-state index contributed by atoms with van der Waals surface area (Å²) in [4.78, 5) is 25.8. The summed E-state index contributed by atoms with van der Waals surface area (Å²) in [6.07, 6.45) is 0. The molecule has 0 spiro atoms. The van der Waals surface area contributed by atoms with Crippen LogP contribution in [0.1, 0.15) is 43.9 Å². The number of rotatable bonds is 6. The monoisotopic (exact) mass is 383 g/mol. The summed E-state index contributed by atoms with van der Waals surface area (Å²) in [6.45, 7) is 4.94. The number of nitrogens with one attached hydrogen (secondary N) is 1. The molecule has 0 unspecified atom stereocenters. The van der Waals surface area contributed by atoms with Crippen molar-refractivity contribution in [2.24, 2.45) is 0 Å². The SMILES string of the molecule is Cc1oc(C)c(C(=O)OCC(=O)N[C@@H](c2ccccc2)c2cccs2)c1C. The second kappa shape index (κ2) is 8.22. The Labute approximate surface area is 162 Å². The second-order valence-corrected chi connectivity index (χ2v) is 7.20. The molecule has 3 rings (SSSR count). The van der Waals surface area contributed by atoms with Crippen LogP contribution >= 0.6 is 11.3 Å². The van der Waals surface area contributed by atoms with Gasteiger partial charge in [0.05, 0.1) is 6.04 Å². The van der Waals surface area contributed by atoms with Gasteiger partial charge in [-0.1, -0.05) is 36.4 Å². The number of esters is 1. The van der Waals surface area contributed by atoms with Crippen LogP contribution in [0.2, 0.25) is 0 Å². The Morgan fingerprint density at radius 2 is 1.81 bits per heavy atom. The zero-order valence-corrected chi connectivity index (χ0v) is 16.3. The molecule has 0 saturated carbocycles. The second-order valence-electron chi connectivity index (χ2n) is 6.22. The van der Waals surface area contributed by atoms with Gasteiger partial charge >= 0.3 is 5.97 Å². The molecule has 5 nitrogen and oxygen atoms in total. The number of carbonyl (C=O) groups is 2. The van der Waals surface area contributed by atoms with Crippen molar-refractivity contribution >= 4 is 23.2 Å². The summed E-state index contributed by atoms with van der Waals surface area (Å²) in [7, 11) is 0. The number of furan rings is 1. The number of ether oxygens (including phenoxy) is 1. The smallest absolute Gasteiger partial charge is 0.342 e. The minimum absolute atomic E-state index is 0.281. The topological polar surface area (TPSA) is 68.5 Å². The molecular formula is C21H21NO4S. The summed E-state index contributed by atoms with van der Waals surface area (Å²) in [6, 6.07) is 13.3. The van der Waals surface area contributed by atoms with Gasteiger partial charge in [0, 0.05) is 10.4 Å². The predicted molar refractivity (Wildman–Crippen MR) is 104 cm³/mol. The van der Waals surface area contributed by atoms with Gasteiger partial charge in [-0.2, -0.15) is 0 Å². The minimum Gasteiger partial charge on any atom is -0.465 e. The van der Waals surface area contributed by atoms with Gasteiger partial charge in [-0.3, -0.25) is 4.79 Å². The van der Waals surface area contributed by atoms with Crippen LogP contribution in [0.15, 0.2) is 52.3 Å². The van der Waals surface area contributed by atoms with Gasteiger partial charge in [0.2, 0.25) is 0 Å². The summed E-state index contributed by atoms with van der Waals surface area (Å²) < 4.78 is 10.7. The first kappa shape index (κ1) is 18.9. The molecule has 1 amide bonds. The molecule has 140 valence electrons. The number of carbonyl (C=O) groups excluding carboxylic acids is 2. The van der Waals surface area contributed by atoms with Crippen molar-refractivity contribution in [3.8, 4) is 0 Å². The largest absolute Gasteiger partial charge is 0.465 e. The molecule has 2 aromatic heterocycles. The highest BCUT2D eigenvalue weighted by atomic mass is 32.1. The maximum atomic E-state index is 12.4. The van der Waals surface area contributed by atoms with Crippen LogP contribution in [-0.2, 0) is 9.53 Å². The molecule has 0 fully saturated rings. The Bertz CT molecular complexity index is 929. The number of hydrogen-bond acceptors (Lipinski definition) is 5. The van der Waals surface area contributed by atoms with Gasteiger partial charge in [0.1, 0.15) is 17.1 Å². The highest BCUT2D eigenvalue weighted by Crippen LogP contribution is 2.26. The van der Waals surface area contributed by atoms with Crippen molar-refractivity contribution in [1.82, 2.24) is 5.32 Å². The van der Waals surface area contributed by atoms with Crippen LogP contribution in [0.25, 0.3) is 0 Å². The van der Waals surface area contributed by atoms with Gasteiger partial charge in [0.25, 0.3) is 5.91 Å². The third-order valence-corrected chi connectivity index (χ3v) is 5.30. The molecule has 2 heterocycles. The van der Waals surface area contributed by atoms with Crippen molar-refractivity contribution < 1.29 is 18.7 Å². The third-order valence-electron chi connectivity index (χ3n) is 4.37. The number of benzene rings is 1. The fraction of sp³-hybridized carbons (Fsp3) is 0.238. The number of amides is 1. The molecule has 0 saturated heterocycles. The van der Waals surface area contributed by atoms with Crippen LogP contribution in [0.5, 0.6) is 0 Å². The van der Waals surface area contributed by atoms with Crippen molar-refractivity contribution in [3.63, 3.8) is 0 Å². The molecule has 1 aromatic carbocycles. The van der Waals surface area contributed by atoms with E-state index in [2.05, 4.69) is 5.32 Å². The van der Waals surface area contributed by atoms with Gasteiger partial charge < -0.3 is 14.5 Å². The third kappa shape index (κ3) is 4.28. The molecule has 27 heavy (non-hydrogen) atoms. The minimum atomic E-state index is -0.551. The molecule has 6 heteroatoms. The Balaban J connectivity index is 1.67. The molecule has 1 atom stereocenters. The molecule has 0 aliphatic heterocycles. The van der Waals surface area contributed by atoms with E-state index in [1.165, 1.54) is 0 Å². The van der Waals surface area contributed by atoms with Gasteiger partial charge in [-0.05, 0) is 37.8 Å². The summed E-state index contributed by atoms with van der Waals surface area (Å²) >= 11 is 1.56. The first-order valence-electron chi connectivity index (χ1n) is 8.58. The zero-order chi connectivity index (χ0) is 19.4. The molecule has 0 bridgehead atoms. The molecule has 0 aliphatic rings. The standard InChI is InChI=1S/C21H21NO4S/c1-13-14(2)26-15(3)19(13)21(24)25-12-18(23)22-20(17-10-7-11-27-17)16-8-5-4-6-9-16/h4-11,20H,12H2,1-3H3,(H,22,23)/t20-/m0/s1. The average Bonchev–Trinajstić information content (AvgIpc) is 3.27. The van der Waals surface area contributed by atoms with Crippen molar-refractivity contribution in [3.05, 3.63) is 80.9 Å². The summed E-state index contributed by atoms with van der Waals surface area (Å²) in [5.41, 5.74) is 2.09. The number of thiophene rings is 1. The normalized spacial score (nSPS) is 11.8. The lowest BCUT2D eigenvalue weighted by molar-refractivity contribution is -0.124. The maximum Gasteiger partial charge on any atom is 0.342 e. The van der Waals surface area contributed by atoms with E-state index in [1.54, 1.807) is 32.1 Å². The Morgan fingerprint density at radius 3 is 2.41 bits per heavy atom. The van der Waals surface area contributed by atoms with E-state index < -0.39 is 5.97 Å². The van der Waals surface area contributed by atoms with E-state index in [0.29, 0.717) is 17.1 Å².